The zero-order valence-corrected chi connectivity index (χ0v) is 36.2. The van der Waals surface area contributed by atoms with E-state index in [4.69, 9.17) is 23.4 Å². The van der Waals surface area contributed by atoms with Gasteiger partial charge in [-0.3, -0.25) is 4.57 Å². The molecule has 10 rings (SSSR count). The minimum Gasteiger partial charge on any atom is -0.510 e. The normalized spacial score (nSPS) is 15.2. The van der Waals surface area contributed by atoms with Crippen molar-refractivity contribution in [1.29, 1.82) is 0 Å². The first-order valence-electron chi connectivity index (χ1n) is 25.1. The van der Waals surface area contributed by atoms with Crippen LogP contribution >= 0.6 is 0 Å². The molecule has 0 spiro atoms. The Morgan fingerprint density at radius 3 is 2.10 bits per heavy atom. The predicted octanol–water partition coefficient (Wildman–Crippen LogP) is 13.4. The number of fused-ring (bicyclic) bond motifs is 4. The van der Waals surface area contributed by atoms with Gasteiger partial charge in [0.1, 0.15) is 5.82 Å². The average Bonchev–Trinajstić information content (AvgIpc) is 3.90. The second-order valence-corrected chi connectivity index (χ2v) is 15.6. The molecule has 0 aliphatic rings. The number of hydrogen-bond acceptors (Lipinski definition) is 2. The summed E-state index contributed by atoms with van der Waals surface area (Å²) in [5, 5.41) is 1.93. The van der Waals surface area contributed by atoms with E-state index in [1.54, 1.807) is 45.7 Å². The standard InChI is InChI=1S/C55H44N4O.Pt/c1-37-17-14-28-50-53(37)58(54-45(39-18-8-6-9-19-39)25-16-26-46(54)40-20-10-7-11-21-40)36-57(50)42-22-15-23-43(34-42)60-44-29-30-48-47-24-12-13-27-49(47)59(51(48)35-44)52-33-41(31-32-56-52)38(2)55(3,4)5;/h6-33,38H,1-5H3;/q-2;/i6D,7D,8D,9D,10D,11D,18D,19D,20D,21D,38D;. The molecule has 0 saturated carbocycles. The number of aryl methyl sites for hydroxylation is 1. The first-order valence-corrected chi connectivity index (χ1v) is 19.6. The van der Waals surface area contributed by atoms with Crippen molar-refractivity contribution in [3.05, 3.63) is 199 Å². The van der Waals surface area contributed by atoms with E-state index in [0.29, 0.717) is 34.0 Å². The molecular formula is C55H44N4OPt-2. The topological polar surface area (TPSA) is 35.9 Å². The fourth-order valence-electron chi connectivity index (χ4n) is 7.74. The number of nitrogens with zero attached hydrogens (tertiary/aromatic N) is 4. The molecule has 3 aromatic heterocycles. The van der Waals surface area contributed by atoms with Gasteiger partial charge < -0.3 is 13.9 Å². The van der Waals surface area contributed by atoms with Crippen molar-refractivity contribution >= 4 is 32.8 Å². The predicted molar refractivity (Wildman–Crippen MR) is 243 cm³/mol. The van der Waals surface area contributed by atoms with Crippen LogP contribution in [0.4, 0.5) is 0 Å². The third kappa shape index (κ3) is 7.28. The molecule has 0 bridgehead atoms. The summed E-state index contributed by atoms with van der Waals surface area (Å²) >= 11 is 0. The third-order valence-corrected chi connectivity index (χ3v) is 11.0. The molecular weight excluding hydrogens is 928 g/mol. The molecule has 1 atom stereocenters. The van der Waals surface area contributed by atoms with E-state index in [1.165, 1.54) is 0 Å². The van der Waals surface area contributed by atoms with E-state index < -0.39 is 66.3 Å². The minimum absolute atomic E-state index is 0. The summed E-state index contributed by atoms with van der Waals surface area (Å²) in [6.45, 7) is 9.96. The number of rotatable bonds is 8. The summed E-state index contributed by atoms with van der Waals surface area (Å²) in [5.41, 5.74) is 4.68. The van der Waals surface area contributed by atoms with Crippen LogP contribution < -0.4 is 9.30 Å². The van der Waals surface area contributed by atoms with Crippen molar-refractivity contribution in [3.8, 4) is 50.9 Å². The van der Waals surface area contributed by atoms with E-state index in [1.807, 2.05) is 85.1 Å². The van der Waals surface area contributed by atoms with Gasteiger partial charge in [0.05, 0.1) is 30.4 Å². The van der Waals surface area contributed by atoms with Gasteiger partial charge in [-0.25, -0.2) is 4.98 Å². The number of ether oxygens (including phenoxy) is 1. The van der Waals surface area contributed by atoms with E-state index in [2.05, 4.69) is 45.3 Å². The van der Waals surface area contributed by atoms with Crippen LogP contribution in [0.2, 0.25) is 0 Å². The van der Waals surface area contributed by atoms with E-state index in [-0.39, 0.29) is 54.4 Å². The van der Waals surface area contributed by atoms with Gasteiger partial charge in [0.2, 0.25) is 0 Å². The molecule has 0 radical (unpaired) electrons. The number of benzene rings is 7. The van der Waals surface area contributed by atoms with Crippen LogP contribution in [0.1, 0.15) is 59.8 Å². The zero-order chi connectivity index (χ0) is 50.6. The van der Waals surface area contributed by atoms with E-state index in [0.717, 1.165) is 32.9 Å². The van der Waals surface area contributed by atoms with Gasteiger partial charge in [0, 0.05) is 45.6 Å². The quantitative estimate of drug-likeness (QED) is 0.112. The summed E-state index contributed by atoms with van der Waals surface area (Å²) in [6, 6.07) is 33.0. The number of hydrogen-bond donors (Lipinski definition) is 0. The van der Waals surface area contributed by atoms with Crippen LogP contribution in [0.5, 0.6) is 11.5 Å². The van der Waals surface area contributed by atoms with Crippen LogP contribution in [0.25, 0.3) is 72.3 Å². The Labute approximate surface area is 387 Å². The molecule has 0 aliphatic carbocycles. The molecule has 0 saturated heterocycles. The van der Waals surface area contributed by atoms with Gasteiger partial charge in [-0.05, 0) is 80.9 Å². The largest absolute Gasteiger partial charge is 0.510 e. The Hall–Kier alpha value is -6.55. The van der Waals surface area contributed by atoms with Crippen LogP contribution in [0.15, 0.2) is 170 Å². The van der Waals surface area contributed by atoms with Gasteiger partial charge in [-0.2, -0.15) is 18.2 Å². The van der Waals surface area contributed by atoms with E-state index in [9.17, 15) is 1.37 Å². The summed E-state index contributed by atoms with van der Waals surface area (Å²) in [7, 11) is 0. The van der Waals surface area contributed by atoms with Crippen LogP contribution in [0, 0.1) is 30.8 Å². The van der Waals surface area contributed by atoms with Crippen molar-refractivity contribution in [2.45, 2.75) is 40.5 Å². The maximum absolute atomic E-state index is 9.33. The molecule has 7 aromatic carbocycles. The third-order valence-electron chi connectivity index (χ3n) is 11.0. The Balaban J connectivity index is 0.00000640. The maximum atomic E-state index is 9.33. The minimum atomic E-state index is -0.914. The number of imidazole rings is 1. The fraction of sp³-hybridized carbons (Fsp3) is 0.127. The van der Waals surface area contributed by atoms with Crippen molar-refractivity contribution < 1.29 is 45.4 Å². The van der Waals surface area contributed by atoms with Gasteiger partial charge >= 0.3 is 0 Å². The molecule has 0 fully saturated rings. The van der Waals surface area contributed by atoms with E-state index >= 15 is 0 Å². The molecule has 6 heteroatoms. The Kier molecular flexibility index (Phi) is 7.63. The molecule has 5 nitrogen and oxygen atoms in total. The first-order chi connectivity index (χ1) is 33.7. The maximum Gasteiger partial charge on any atom is 0.268 e. The fourth-order valence-corrected chi connectivity index (χ4v) is 7.74. The monoisotopic (exact) mass is 982 g/mol. The summed E-state index contributed by atoms with van der Waals surface area (Å²) in [6.07, 6.45) is 5.17. The Morgan fingerprint density at radius 2 is 1.38 bits per heavy atom. The molecule has 10 aromatic rings. The van der Waals surface area contributed by atoms with Gasteiger partial charge in [-0.15, -0.1) is 29.7 Å². The summed E-state index contributed by atoms with van der Waals surface area (Å²) < 4.78 is 108. The molecule has 0 N–H and O–H groups in total. The zero-order valence-electron chi connectivity index (χ0n) is 44.9. The summed E-state index contributed by atoms with van der Waals surface area (Å²) in [4.78, 5) is 4.79. The molecule has 61 heavy (non-hydrogen) atoms. The number of para-hydroxylation sites is 3. The first kappa shape index (κ1) is 28.8. The second kappa shape index (κ2) is 16.1. The van der Waals surface area contributed by atoms with Crippen molar-refractivity contribution in [2.75, 3.05) is 0 Å². The van der Waals surface area contributed by atoms with Crippen LogP contribution in [-0.4, -0.2) is 14.1 Å². The molecule has 3 heterocycles. The van der Waals surface area contributed by atoms with Crippen molar-refractivity contribution in [1.82, 2.24) is 14.1 Å². The molecule has 302 valence electrons. The van der Waals surface area contributed by atoms with Gasteiger partial charge in [0.15, 0.2) is 0 Å². The van der Waals surface area contributed by atoms with Crippen LogP contribution in [0.3, 0.4) is 0 Å². The average molecular weight is 983 g/mol. The Morgan fingerprint density at radius 1 is 0.721 bits per heavy atom. The molecule has 0 amide bonds. The van der Waals surface area contributed by atoms with Crippen LogP contribution in [-0.2, 0) is 21.1 Å². The van der Waals surface area contributed by atoms with Gasteiger partial charge in [0.25, 0.3) is 6.33 Å². The number of pyridine rings is 1. The van der Waals surface area contributed by atoms with Crippen molar-refractivity contribution in [2.24, 2.45) is 5.41 Å². The van der Waals surface area contributed by atoms with Gasteiger partial charge in [-0.1, -0.05) is 148 Å². The molecule has 1 unspecified atom stereocenters. The second-order valence-electron chi connectivity index (χ2n) is 15.6. The summed E-state index contributed by atoms with van der Waals surface area (Å²) in [5.74, 6) is 0.460. The van der Waals surface area contributed by atoms with Crippen molar-refractivity contribution in [3.63, 3.8) is 0 Å². The Bertz CT molecular complexity index is 3710. The number of aromatic nitrogens is 4. The molecule has 0 aliphatic heterocycles. The smallest absolute Gasteiger partial charge is 0.268 e. The SMILES string of the molecule is [2H]c1c([2H])c([2H])c(-c2cccc(-c3c([2H])c([2H])c([2H])c([2H])c3[2H])c2-[n+]2[c-]n(-c3[c-]c(Oc4[c-]c5c(cc4)c4ccccc4n5-c4cc(C([2H])(C)C(C)(C)C)ccn4)ccc3)c3cccc(C)c32)c([2H])c1[2H].[Pt].